The largest absolute Gasteiger partial charge is 0.508 e. The van der Waals surface area contributed by atoms with Crippen molar-refractivity contribution < 1.29 is 9.90 Å². The standard InChI is InChI=1S/C10H10O2/c1-3-9(11)8-5-4-7(2)10(12)6-8/h3-6,12H,1H2,2H3. The van der Waals surface area contributed by atoms with E-state index in [0.717, 1.165) is 5.56 Å². The quantitative estimate of drug-likeness (QED) is 0.534. The van der Waals surface area contributed by atoms with Crippen LogP contribution in [0.1, 0.15) is 15.9 Å². The van der Waals surface area contributed by atoms with Crippen LogP contribution in [0.2, 0.25) is 0 Å². The summed E-state index contributed by atoms with van der Waals surface area (Å²) in [6, 6.07) is 4.81. The lowest BCUT2D eigenvalue weighted by atomic mass is 10.1. The second kappa shape index (κ2) is 3.22. The minimum absolute atomic E-state index is 0.141. The zero-order valence-corrected chi connectivity index (χ0v) is 6.87. The van der Waals surface area contributed by atoms with Gasteiger partial charge in [0.15, 0.2) is 5.78 Å². The van der Waals surface area contributed by atoms with Gasteiger partial charge in [-0.05, 0) is 24.6 Å². The highest BCUT2D eigenvalue weighted by molar-refractivity contribution is 6.04. The van der Waals surface area contributed by atoms with Crippen molar-refractivity contribution in [2.24, 2.45) is 0 Å². The van der Waals surface area contributed by atoms with Gasteiger partial charge in [-0.15, -0.1) is 0 Å². The second-order valence-electron chi connectivity index (χ2n) is 2.57. The molecule has 12 heavy (non-hydrogen) atoms. The number of aryl methyl sites for hydroxylation is 1. The summed E-state index contributed by atoms with van der Waals surface area (Å²) in [5.41, 5.74) is 1.23. The van der Waals surface area contributed by atoms with Gasteiger partial charge >= 0.3 is 0 Å². The van der Waals surface area contributed by atoms with Crippen LogP contribution in [-0.2, 0) is 0 Å². The lowest BCUT2D eigenvalue weighted by Gasteiger charge is -1.99. The van der Waals surface area contributed by atoms with Crippen LogP contribution in [0, 0.1) is 6.92 Å². The van der Waals surface area contributed by atoms with Crippen molar-refractivity contribution in [3.05, 3.63) is 42.0 Å². The molecule has 0 saturated heterocycles. The number of ketones is 1. The highest BCUT2D eigenvalue weighted by atomic mass is 16.3. The third-order valence-corrected chi connectivity index (χ3v) is 1.68. The van der Waals surface area contributed by atoms with Gasteiger partial charge in [0.1, 0.15) is 5.75 Å². The molecule has 0 aliphatic carbocycles. The van der Waals surface area contributed by atoms with Crippen molar-refractivity contribution in [1.29, 1.82) is 0 Å². The molecule has 0 aromatic heterocycles. The zero-order valence-electron chi connectivity index (χ0n) is 6.87. The van der Waals surface area contributed by atoms with Crippen molar-refractivity contribution in [3.63, 3.8) is 0 Å². The summed E-state index contributed by atoms with van der Waals surface area (Å²) in [6.07, 6.45) is 1.23. The lowest BCUT2D eigenvalue weighted by Crippen LogP contribution is -1.92. The molecular formula is C10H10O2. The third kappa shape index (κ3) is 1.53. The molecule has 0 spiro atoms. The summed E-state index contributed by atoms with van der Waals surface area (Å²) in [5.74, 6) is -0.0343. The van der Waals surface area contributed by atoms with Crippen LogP contribution in [0.5, 0.6) is 5.75 Å². The van der Waals surface area contributed by atoms with Crippen LogP contribution in [0.4, 0.5) is 0 Å². The molecule has 0 saturated carbocycles. The van der Waals surface area contributed by atoms with Gasteiger partial charge in [0, 0.05) is 5.56 Å². The predicted octanol–water partition coefficient (Wildman–Crippen LogP) is 2.07. The van der Waals surface area contributed by atoms with E-state index >= 15 is 0 Å². The topological polar surface area (TPSA) is 37.3 Å². The number of carbonyl (C=O) groups is 1. The van der Waals surface area contributed by atoms with E-state index < -0.39 is 0 Å². The Labute approximate surface area is 71.2 Å². The normalized spacial score (nSPS) is 9.42. The van der Waals surface area contributed by atoms with Crippen LogP contribution in [0.15, 0.2) is 30.9 Å². The SMILES string of the molecule is C=CC(=O)c1ccc(C)c(O)c1. The lowest BCUT2D eigenvalue weighted by molar-refractivity contribution is 0.104. The third-order valence-electron chi connectivity index (χ3n) is 1.68. The average molecular weight is 162 g/mol. The number of aromatic hydroxyl groups is 1. The molecular weight excluding hydrogens is 152 g/mol. The first-order valence-electron chi connectivity index (χ1n) is 3.61. The summed E-state index contributed by atoms with van der Waals surface area (Å²) < 4.78 is 0. The molecule has 0 radical (unpaired) electrons. The molecule has 1 N–H and O–H groups in total. The highest BCUT2D eigenvalue weighted by Crippen LogP contribution is 2.17. The molecule has 0 aliphatic rings. The number of carbonyl (C=O) groups excluding carboxylic acids is 1. The summed E-state index contributed by atoms with van der Waals surface area (Å²) in [7, 11) is 0. The van der Waals surface area contributed by atoms with Gasteiger partial charge in [-0.1, -0.05) is 18.7 Å². The summed E-state index contributed by atoms with van der Waals surface area (Å²) in [4.78, 5) is 11.0. The van der Waals surface area contributed by atoms with Crippen LogP contribution >= 0.6 is 0 Å². The van der Waals surface area contributed by atoms with E-state index in [1.54, 1.807) is 19.1 Å². The molecule has 1 aromatic carbocycles. The maximum absolute atomic E-state index is 11.0. The summed E-state index contributed by atoms with van der Waals surface area (Å²) in [6.45, 7) is 5.13. The predicted molar refractivity (Wildman–Crippen MR) is 47.4 cm³/mol. The van der Waals surface area contributed by atoms with Gasteiger partial charge in [0.05, 0.1) is 0 Å². The minimum Gasteiger partial charge on any atom is -0.508 e. The highest BCUT2D eigenvalue weighted by Gasteiger charge is 2.02. The molecule has 0 unspecified atom stereocenters. The number of hydrogen-bond acceptors (Lipinski definition) is 2. The fraction of sp³-hybridized carbons (Fsp3) is 0.100. The maximum Gasteiger partial charge on any atom is 0.185 e. The molecule has 0 aliphatic heterocycles. The van der Waals surface area contributed by atoms with E-state index in [-0.39, 0.29) is 11.5 Å². The molecule has 0 bridgehead atoms. The summed E-state index contributed by atoms with van der Waals surface area (Å²) in [5, 5.41) is 9.26. The molecule has 0 atom stereocenters. The number of phenolic OH excluding ortho intramolecular Hbond substituents is 1. The minimum atomic E-state index is -0.176. The number of benzene rings is 1. The van der Waals surface area contributed by atoms with E-state index in [2.05, 4.69) is 6.58 Å². The molecule has 2 heteroatoms. The van der Waals surface area contributed by atoms with Gasteiger partial charge in [-0.3, -0.25) is 4.79 Å². The molecule has 0 fully saturated rings. The first-order valence-corrected chi connectivity index (χ1v) is 3.61. The van der Waals surface area contributed by atoms with Crippen molar-refractivity contribution in [2.45, 2.75) is 6.92 Å². The van der Waals surface area contributed by atoms with Crippen molar-refractivity contribution in [2.75, 3.05) is 0 Å². The van der Waals surface area contributed by atoms with Gasteiger partial charge in [-0.25, -0.2) is 0 Å². The fourth-order valence-corrected chi connectivity index (χ4v) is 0.881. The Kier molecular flexibility index (Phi) is 2.29. The monoisotopic (exact) mass is 162 g/mol. The van der Waals surface area contributed by atoms with E-state index in [1.807, 2.05) is 0 Å². The smallest absolute Gasteiger partial charge is 0.185 e. The van der Waals surface area contributed by atoms with E-state index in [4.69, 9.17) is 0 Å². The fourth-order valence-electron chi connectivity index (χ4n) is 0.881. The van der Waals surface area contributed by atoms with E-state index in [0.29, 0.717) is 5.56 Å². The van der Waals surface area contributed by atoms with Gasteiger partial charge < -0.3 is 5.11 Å². The van der Waals surface area contributed by atoms with Crippen molar-refractivity contribution >= 4 is 5.78 Å². The Morgan fingerprint density at radius 1 is 1.58 bits per heavy atom. The second-order valence-corrected chi connectivity index (χ2v) is 2.57. The average Bonchev–Trinajstić information content (AvgIpc) is 2.08. The Morgan fingerprint density at radius 2 is 2.25 bits per heavy atom. The Morgan fingerprint density at radius 3 is 2.75 bits per heavy atom. The van der Waals surface area contributed by atoms with Gasteiger partial charge in [0.2, 0.25) is 0 Å². The number of hydrogen-bond donors (Lipinski definition) is 1. The zero-order chi connectivity index (χ0) is 9.14. The molecule has 1 aromatic rings. The Hall–Kier alpha value is -1.57. The van der Waals surface area contributed by atoms with E-state index in [1.165, 1.54) is 12.1 Å². The first-order chi connectivity index (χ1) is 5.65. The van der Waals surface area contributed by atoms with Crippen LogP contribution < -0.4 is 0 Å². The molecule has 0 amide bonds. The Bertz CT molecular complexity index is 327. The first kappa shape index (κ1) is 8.53. The molecule has 62 valence electrons. The molecule has 2 nitrogen and oxygen atoms in total. The maximum atomic E-state index is 11.0. The Balaban J connectivity index is 3.13. The van der Waals surface area contributed by atoms with Gasteiger partial charge in [-0.2, -0.15) is 0 Å². The van der Waals surface area contributed by atoms with Crippen LogP contribution in [-0.4, -0.2) is 10.9 Å². The number of allylic oxidation sites excluding steroid dienone is 1. The van der Waals surface area contributed by atoms with Crippen LogP contribution in [0.3, 0.4) is 0 Å². The number of rotatable bonds is 2. The van der Waals surface area contributed by atoms with E-state index in [9.17, 15) is 9.90 Å². The van der Waals surface area contributed by atoms with Crippen LogP contribution in [0.25, 0.3) is 0 Å². The van der Waals surface area contributed by atoms with Crippen molar-refractivity contribution in [1.82, 2.24) is 0 Å². The number of phenols is 1. The molecule has 0 heterocycles. The van der Waals surface area contributed by atoms with Crippen molar-refractivity contribution in [3.8, 4) is 5.75 Å². The molecule has 1 rings (SSSR count). The summed E-state index contributed by atoms with van der Waals surface area (Å²) >= 11 is 0. The van der Waals surface area contributed by atoms with Gasteiger partial charge in [0.25, 0.3) is 0 Å².